The van der Waals surface area contributed by atoms with Gasteiger partial charge in [-0.15, -0.1) is 11.3 Å². The van der Waals surface area contributed by atoms with E-state index < -0.39 is 6.10 Å². The number of rotatable bonds is 2. The van der Waals surface area contributed by atoms with E-state index in [2.05, 4.69) is 0 Å². The van der Waals surface area contributed by atoms with E-state index in [4.69, 9.17) is 4.42 Å². The summed E-state index contributed by atoms with van der Waals surface area (Å²) >= 11 is 1.55. The number of thiophene rings is 1. The second-order valence-corrected chi connectivity index (χ2v) is 4.27. The van der Waals surface area contributed by atoms with E-state index >= 15 is 0 Å². The van der Waals surface area contributed by atoms with Gasteiger partial charge in [-0.05, 0) is 43.0 Å². The normalized spacial score (nSPS) is 13.1. The van der Waals surface area contributed by atoms with Gasteiger partial charge >= 0.3 is 0 Å². The van der Waals surface area contributed by atoms with Crippen LogP contribution in [0.2, 0.25) is 0 Å². The maximum absolute atomic E-state index is 9.99. The smallest absolute Gasteiger partial charge is 0.146 e. The van der Waals surface area contributed by atoms with Crippen LogP contribution in [0.5, 0.6) is 0 Å². The summed E-state index contributed by atoms with van der Waals surface area (Å²) in [4.78, 5) is 0.958. The summed E-state index contributed by atoms with van der Waals surface area (Å²) < 4.78 is 5.38. The van der Waals surface area contributed by atoms with Crippen LogP contribution < -0.4 is 0 Å². The molecule has 0 saturated carbocycles. The zero-order valence-electron chi connectivity index (χ0n) is 8.15. The van der Waals surface area contributed by atoms with Crippen LogP contribution in [0.25, 0.3) is 0 Å². The molecule has 3 heteroatoms. The number of furan rings is 1. The highest BCUT2D eigenvalue weighted by atomic mass is 32.1. The van der Waals surface area contributed by atoms with Crippen LogP contribution in [-0.4, -0.2) is 5.11 Å². The lowest BCUT2D eigenvalue weighted by atomic mass is 10.2. The van der Waals surface area contributed by atoms with Gasteiger partial charge in [0.1, 0.15) is 17.6 Å². The summed E-state index contributed by atoms with van der Waals surface area (Å²) in [5, 5.41) is 12.0. The van der Waals surface area contributed by atoms with E-state index in [1.807, 2.05) is 37.4 Å². The van der Waals surface area contributed by atoms with Crippen LogP contribution in [0.4, 0.5) is 0 Å². The summed E-state index contributed by atoms with van der Waals surface area (Å²) in [7, 11) is 0. The molecule has 74 valence electrons. The predicted molar refractivity (Wildman–Crippen MR) is 56.6 cm³/mol. The third-order valence-electron chi connectivity index (χ3n) is 2.18. The minimum Gasteiger partial charge on any atom is -0.463 e. The first-order valence-electron chi connectivity index (χ1n) is 4.47. The van der Waals surface area contributed by atoms with Gasteiger partial charge in [0.25, 0.3) is 0 Å². The minimum absolute atomic E-state index is 0.619. The molecule has 0 fully saturated rings. The highest BCUT2D eigenvalue weighted by Gasteiger charge is 2.16. The molecule has 2 nitrogen and oxygen atoms in total. The molecule has 2 rings (SSSR count). The van der Waals surface area contributed by atoms with Crippen molar-refractivity contribution < 1.29 is 9.52 Å². The van der Waals surface area contributed by atoms with Gasteiger partial charge in [-0.3, -0.25) is 0 Å². The zero-order chi connectivity index (χ0) is 10.1. The van der Waals surface area contributed by atoms with E-state index in [0.717, 1.165) is 16.2 Å². The molecule has 0 amide bonds. The first-order valence-corrected chi connectivity index (χ1v) is 5.35. The van der Waals surface area contributed by atoms with Crippen LogP contribution >= 0.6 is 11.3 Å². The van der Waals surface area contributed by atoms with Crippen molar-refractivity contribution in [1.29, 1.82) is 0 Å². The molecule has 0 aliphatic carbocycles. The van der Waals surface area contributed by atoms with Crippen molar-refractivity contribution in [3.8, 4) is 0 Å². The van der Waals surface area contributed by atoms with Crippen LogP contribution in [0.1, 0.15) is 28.1 Å². The predicted octanol–water partition coefficient (Wildman–Crippen LogP) is 3.04. The quantitative estimate of drug-likeness (QED) is 0.823. The van der Waals surface area contributed by atoms with Gasteiger partial charge in [0, 0.05) is 4.88 Å². The summed E-state index contributed by atoms with van der Waals surface area (Å²) in [5.41, 5.74) is 1.11. The van der Waals surface area contributed by atoms with Gasteiger partial charge in [-0.1, -0.05) is 0 Å². The fourth-order valence-corrected chi connectivity index (χ4v) is 2.31. The maximum Gasteiger partial charge on any atom is 0.146 e. The zero-order valence-corrected chi connectivity index (χ0v) is 8.97. The molecule has 0 aliphatic rings. The lowest BCUT2D eigenvalue weighted by Gasteiger charge is -2.06. The number of hydrogen-bond acceptors (Lipinski definition) is 3. The highest BCUT2D eigenvalue weighted by Crippen LogP contribution is 2.29. The van der Waals surface area contributed by atoms with E-state index in [0.29, 0.717) is 5.76 Å². The molecule has 2 aromatic rings. The van der Waals surface area contributed by atoms with Crippen molar-refractivity contribution in [2.45, 2.75) is 20.0 Å². The molecule has 2 heterocycles. The van der Waals surface area contributed by atoms with Crippen molar-refractivity contribution in [2.24, 2.45) is 0 Å². The molecule has 1 N–H and O–H groups in total. The lowest BCUT2D eigenvalue weighted by Crippen LogP contribution is -1.96. The first kappa shape index (κ1) is 9.49. The van der Waals surface area contributed by atoms with Crippen molar-refractivity contribution >= 4 is 11.3 Å². The Balaban J connectivity index is 2.33. The van der Waals surface area contributed by atoms with Crippen LogP contribution in [0, 0.1) is 13.8 Å². The van der Waals surface area contributed by atoms with Crippen molar-refractivity contribution in [3.63, 3.8) is 0 Å². The molecule has 14 heavy (non-hydrogen) atoms. The standard InChI is InChI=1S/C11H12O2S/c1-7-5-6-14-11(7)10(12)9-4-3-8(2)13-9/h3-6,10,12H,1-2H3/t10-/m0/s1. The summed E-state index contributed by atoms with van der Waals surface area (Å²) in [6.45, 7) is 3.86. The van der Waals surface area contributed by atoms with E-state index in [9.17, 15) is 5.11 Å². The Labute approximate surface area is 86.8 Å². The summed E-state index contributed by atoms with van der Waals surface area (Å²) in [5.74, 6) is 1.45. The lowest BCUT2D eigenvalue weighted by molar-refractivity contribution is 0.190. The largest absolute Gasteiger partial charge is 0.463 e. The van der Waals surface area contributed by atoms with Crippen LogP contribution in [-0.2, 0) is 0 Å². The Kier molecular flexibility index (Phi) is 2.44. The van der Waals surface area contributed by atoms with Crippen molar-refractivity contribution in [2.75, 3.05) is 0 Å². The van der Waals surface area contributed by atoms with E-state index in [-0.39, 0.29) is 0 Å². The van der Waals surface area contributed by atoms with Crippen molar-refractivity contribution in [3.05, 3.63) is 45.5 Å². The Bertz CT molecular complexity index is 428. The van der Waals surface area contributed by atoms with Crippen LogP contribution in [0.3, 0.4) is 0 Å². The topological polar surface area (TPSA) is 33.4 Å². The molecule has 0 bridgehead atoms. The molecular weight excluding hydrogens is 196 g/mol. The molecule has 2 aromatic heterocycles. The van der Waals surface area contributed by atoms with Gasteiger partial charge in [0.05, 0.1) is 0 Å². The first-order chi connectivity index (χ1) is 6.68. The molecule has 0 spiro atoms. The molecule has 0 radical (unpaired) electrons. The number of aliphatic hydroxyl groups excluding tert-OH is 1. The minimum atomic E-state index is -0.622. The van der Waals surface area contributed by atoms with E-state index in [1.54, 1.807) is 11.3 Å². The average Bonchev–Trinajstić information content (AvgIpc) is 2.73. The number of aryl methyl sites for hydroxylation is 2. The Morgan fingerprint density at radius 1 is 1.29 bits per heavy atom. The SMILES string of the molecule is Cc1ccc([C@H](O)c2sccc2C)o1. The van der Waals surface area contributed by atoms with Gasteiger partial charge in [0.2, 0.25) is 0 Å². The third kappa shape index (κ3) is 1.61. The summed E-state index contributed by atoms with van der Waals surface area (Å²) in [6.07, 6.45) is -0.622. The van der Waals surface area contributed by atoms with Gasteiger partial charge in [0.15, 0.2) is 0 Å². The maximum atomic E-state index is 9.99. The van der Waals surface area contributed by atoms with Gasteiger partial charge in [-0.25, -0.2) is 0 Å². The Morgan fingerprint density at radius 3 is 2.57 bits per heavy atom. The third-order valence-corrected chi connectivity index (χ3v) is 3.25. The number of hydrogen-bond donors (Lipinski definition) is 1. The molecule has 0 aromatic carbocycles. The second-order valence-electron chi connectivity index (χ2n) is 3.32. The monoisotopic (exact) mass is 208 g/mol. The molecular formula is C11H12O2S. The Morgan fingerprint density at radius 2 is 2.07 bits per heavy atom. The van der Waals surface area contributed by atoms with Crippen LogP contribution in [0.15, 0.2) is 28.0 Å². The summed E-state index contributed by atoms with van der Waals surface area (Å²) in [6, 6.07) is 5.68. The molecule has 0 unspecified atom stereocenters. The Hall–Kier alpha value is -1.06. The fraction of sp³-hybridized carbons (Fsp3) is 0.273. The van der Waals surface area contributed by atoms with Gasteiger partial charge < -0.3 is 9.52 Å². The highest BCUT2D eigenvalue weighted by molar-refractivity contribution is 7.10. The number of aliphatic hydroxyl groups is 1. The fourth-order valence-electron chi connectivity index (χ4n) is 1.39. The van der Waals surface area contributed by atoms with E-state index in [1.165, 1.54) is 0 Å². The van der Waals surface area contributed by atoms with Crippen molar-refractivity contribution in [1.82, 2.24) is 0 Å². The molecule has 1 atom stereocenters. The second kappa shape index (κ2) is 3.59. The molecule has 0 aliphatic heterocycles. The van der Waals surface area contributed by atoms with Gasteiger partial charge in [-0.2, -0.15) is 0 Å². The average molecular weight is 208 g/mol. The molecule has 0 saturated heterocycles.